The Morgan fingerprint density at radius 3 is 2.90 bits per heavy atom. The number of amides is 2. The molecule has 0 unspecified atom stereocenters. The summed E-state index contributed by atoms with van der Waals surface area (Å²) in [4.78, 5) is 24.0. The number of nitrogens with one attached hydrogen (secondary N) is 2. The molecule has 0 radical (unpaired) electrons. The van der Waals surface area contributed by atoms with E-state index in [0.717, 1.165) is 17.7 Å². The predicted octanol–water partition coefficient (Wildman–Crippen LogP) is 2.49. The first-order valence-corrected chi connectivity index (χ1v) is 7.81. The zero-order valence-electron chi connectivity index (χ0n) is 12.4. The van der Waals surface area contributed by atoms with Gasteiger partial charge in [-0.3, -0.25) is 9.59 Å². The van der Waals surface area contributed by atoms with Crippen LogP contribution in [-0.2, 0) is 16.0 Å². The van der Waals surface area contributed by atoms with Crippen molar-refractivity contribution in [2.24, 2.45) is 11.8 Å². The molecule has 1 fully saturated rings. The Kier molecular flexibility index (Phi) is 3.95. The van der Waals surface area contributed by atoms with Gasteiger partial charge in [-0.15, -0.1) is 0 Å². The van der Waals surface area contributed by atoms with Crippen molar-refractivity contribution in [2.45, 2.75) is 45.1 Å². The lowest BCUT2D eigenvalue weighted by molar-refractivity contribution is -0.123. The molecule has 1 aliphatic carbocycles. The first kappa shape index (κ1) is 14.1. The van der Waals surface area contributed by atoms with Crippen molar-refractivity contribution in [1.82, 2.24) is 5.32 Å². The smallest absolute Gasteiger partial charge is 0.227 e. The topological polar surface area (TPSA) is 58.2 Å². The van der Waals surface area contributed by atoms with Crippen molar-refractivity contribution in [3.05, 3.63) is 29.8 Å². The number of para-hydroxylation sites is 1. The van der Waals surface area contributed by atoms with Crippen LogP contribution in [0.5, 0.6) is 0 Å². The van der Waals surface area contributed by atoms with Crippen molar-refractivity contribution in [3.63, 3.8) is 0 Å². The number of fused-ring (bicyclic) bond motifs is 1. The standard InChI is InChI=1S/C17H22N2O2/c1-11(12-6-7-12)18-16(20)9-8-14-10-13-4-2-3-5-15(13)19-17(14)21/h2-5,11-12,14H,6-10H2,1H3,(H,18,20)(H,19,21)/t11-,14-/m1/s1. The molecule has 4 heteroatoms. The van der Waals surface area contributed by atoms with Gasteiger partial charge in [-0.05, 0) is 50.2 Å². The number of carbonyl (C=O) groups is 2. The van der Waals surface area contributed by atoms with Crippen LogP contribution in [0.25, 0.3) is 0 Å². The summed E-state index contributed by atoms with van der Waals surface area (Å²) >= 11 is 0. The van der Waals surface area contributed by atoms with E-state index in [2.05, 4.69) is 17.6 Å². The molecule has 112 valence electrons. The Bertz CT molecular complexity index is 551. The van der Waals surface area contributed by atoms with Crippen LogP contribution in [0, 0.1) is 11.8 Å². The lowest BCUT2D eigenvalue weighted by Crippen LogP contribution is -2.35. The van der Waals surface area contributed by atoms with Gasteiger partial charge in [0, 0.05) is 24.1 Å². The number of hydrogen-bond acceptors (Lipinski definition) is 2. The van der Waals surface area contributed by atoms with Gasteiger partial charge in [0.05, 0.1) is 0 Å². The Hall–Kier alpha value is -1.84. The number of hydrogen-bond donors (Lipinski definition) is 2. The minimum atomic E-state index is -0.0955. The normalized spacial score (nSPS) is 22.1. The summed E-state index contributed by atoms with van der Waals surface area (Å²) in [6.07, 6.45) is 4.22. The third kappa shape index (κ3) is 3.43. The van der Waals surface area contributed by atoms with Gasteiger partial charge in [-0.2, -0.15) is 0 Å². The molecule has 1 saturated carbocycles. The summed E-state index contributed by atoms with van der Waals surface area (Å²) in [5.41, 5.74) is 2.07. The van der Waals surface area contributed by atoms with Crippen molar-refractivity contribution in [2.75, 3.05) is 5.32 Å². The molecule has 2 N–H and O–H groups in total. The van der Waals surface area contributed by atoms with Gasteiger partial charge in [-0.25, -0.2) is 0 Å². The van der Waals surface area contributed by atoms with Gasteiger partial charge < -0.3 is 10.6 Å². The summed E-state index contributed by atoms with van der Waals surface area (Å²) in [5.74, 6) is 0.679. The van der Waals surface area contributed by atoms with Gasteiger partial charge in [0.15, 0.2) is 0 Å². The highest BCUT2D eigenvalue weighted by Gasteiger charge is 2.30. The van der Waals surface area contributed by atoms with E-state index >= 15 is 0 Å². The summed E-state index contributed by atoms with van der Waals surface area (Å²) in [7, 11) is 0. The lowest BCUT2D eigenvalue weighted by atomic mass is 9.89. The van der Waals surface area contributed by atoms with E-state index in [1.165, 1.54) is 12.8 Å². The molecular weight excluding hydrogens is 264 g/mol. The highest BCUT2D eigenvalue weighted by molar-refractivity contribution is 5.96. The van der Waals surface area contributed by atoms with Crippen molar-refractivity contribution < 1.29 is 9.59 Å². The SMILES string of the molecule is C[C@@H](NC(=O)CC[C@@H]1Cc2ccccc2NC1=O)C1CC1. The zero-order valence-corrected chi connectivity index (χ0v) is 12.4. The van der Waals surface area contributed by atoms with Crippen molar-refractivity contribution in [3.8, 4) is 0 Å². The van der Waals surface area contributed by atoms with Crippen LogP contribution >= 0.6 is 0 Å². The maximum Gasteiger partial charge on any atom is 0.227 e. The van der Waals surface area contributed by atoms with Crippen LogP contribution < -0.4 is 10.6 Å². The highest BCUT2D eigenvalue weighted by Crippen LogP contribution is 2.32. The molecule has 2 atom stereocenters. The molecule has 1 aromatic rings. The fourth-order valence-electron chi connectivity index (χ4n) is 2.99. The van der Waals surface area contributed by atoms with Crippen molar-refractivity contribution in [1.29, 1.82) is 0 Å². The van der Waals surface area contributed by atoms with Crippen LogP contribution in [0.2, 0.25) is 0 Å². The first-order valence-electron chi connectivity index (χ1n) is 7.81. The first-order chi connectivity index (χ1) is 10.1. The molecule has 21 heavy (non-hydrogen) atoms. The third-order valence-electron chi connectivity index (χ3n) is 4.55. The fourth-order valence-corrected chi connectivity index (χ4v) is 2.99. The summed E-state index contributed by atoms with van der Waals surface area (Å²) in [6.45, 7) is 2.07. The minimum Gasteiger partial charge on any atom is -0.353 e. The average molecular weight is 286 g/mol. The zero-order chi connectivity index (χ0) is 14.8. The van der Waals surface area contributed by atoms with E-state index in [4.69, 9.17) is 0 Å². The summed E-state index contributed by atoms with van der Waals surface area (Å²) < 4.78 is 0. The Morgan fingerprint density at radius 2 is 2.14 bits per heavy atom. The van der Waals surface area contributed by atoms with Crippen LogP contribution in [0.15, 0.2) is 24.3 Å². The number of anilines is 1. The van der Waals surface area contributed by atoms with Gasteiger partial charge in [0.25, 0.3) is 0 Å². The maximum absolute atomic E-state index is 12.1. The van der Waals surface area contributed by atoms with Gasteiger partial charge in [0.1, 0.15) is 0 Å². The number of benzene rings is 1. The molecule has 2 amide bonds. The molecule has 1 aliphatic heterocycles. The third-order valence-corrected chi connectivity index (χ3v) is 4.55. The van der Waals surface area contributed by atoms with E-state index in [-0.39, 0.29) is 23.8 Å². The second-order valence-electron chi connectivity index (χ2n) is 6.28. The molecule has 1 heterocycles. The molecule has 1 aromatic carbocycles. The predicted molar refractivity (Wildman–Crippen MR) is 81.8 cm³/mol. The van der Waals surface area contributed by atoms with Crippen LogP contribution in [0.4, 0.5) is 5.69 Å². The van der Waals surface area contributed by atoms with Crippen molar-refractivity contribution >= 4 is 17.5 Å². The molecule has 3 rings (SSSR count). The molecule has 0 spiro atoms. The fraction of sp³-hybridized carbons (Fsp3) is 0.529. The van der Waals surface area contributed by atoms with E-state index in [1.54, 1.807) is 0 Å². The Balaban J connectivity index is 1.51. The quantitative estimate of drug-likeness (QED) is 0.873. The van der Waals surface area contributed by atoms with Gasteiger partial charge in [-0.1, -0.05) is 18.2 Å². The van der Waals surface area contributed by atoms with Crippen LogP contribution in [0.1, 0.15) is 38.2 Å². The van der Waals surface area contributed by atoms with Crippen LogP contribution in [-0.4, -0.2) is 17.9 Å². The summed E-state index contributed by atoms with van der Waals surface area (Å²) in [6, 6.07) is 8.15. The molecule has 4 nitrogen and oxygen atoms in total. The van der Waals surface area contributed by atoms with E-state index in [0.29, 0.717) is 18.8 Å². The average Bonchev–Trinajstić information content (AvgIpc) is 3.29. The second-order valence-corrected chi connectivity index (χ2v) is 6.28. The summed E-state index contributed by atoms with van der Waals surface area (Å²) in [5, 5.41) is 5.98. The molecule has 2 aliphatic rings. The number of carbonyl (C=O) groups excluding carboxylic acids is 2. The maximum atomic E-state index is 12.1. The molecule has 0 aromatic heterocycles. The van der Waals surface area contributed by atoms with Gasteiger partial charge in [0.2, 0.25) is 11.8 Å². The monoisotopic (exact) mass is 286 g/mol. The molecule has 0 saturated heterocycles. The molecular formula is C17H22N2O2. The molecule has 0 bridgehead atoms. The second kappa shape index (κ2) is 5.88. The van der Waals surface area contributed by atoms with E-state index in [1.807, 2.05) is 24.3 Å². The highest BCUT2D eigenvalue weighted by atomic mass is 16.2. The lowest BCUT2D eigenvalue weighted by Gasteiger charge is -2.24. The Labute approximate surface area is 125 Å². The van der Waals surface area contributed by atoms with E-state index in [9.17, 15) is 9.59 Å². The number of rotatable bonds is 5. The van der Waals surface area contributed by atoms with E-state index < -0.39 is 0 Å². The van der Waals surface area contributed by atoms with Gasteiger partial charge >= 0.3 is 0 Å². The Morgan fingerprint density at radius 1 is 1.38 bits per heavy atom. The minimum absolute atomic E-state index is 0.0386. The largest absolute Gasteiger partial charge is 0.353 e. The van der Waals surface area contributed by atoms with Crippen LogP contribution in [0.3, 0.4) is 0 Å².